The van der Waals surface area contributed by atoms with Crippen LogP contribution in [0.3, 0.4) is 0 Å². The summed E-state index contributed by atoms with van der Waals surface area (Å²) in [6.45, 7) is 3.89. The minimum absolute atomic E-state index is 0.395. The molecule has 1 aliphatic heterocycles. The lowest BCUT2D eigenvalue weighted by Gasteiger charge is -2.26. The maximum Gasteiger partial charge on any atom is 0.229 e. The van der Waals surface area contributed by atoms with E-state index in [0.29, 0.717) is 18.2 Å². The Labute approximate surface area is 95.4 Å². The largest absolute Gasteiger partial charge is 0.393 e. The Morgan fingerprint density at radius 1 is 1.50 bits per heavy atom. The summed E-state index contributed by atoms with van der Waals surface area (Å²) < 4.78 is 5.25. The monoisotopic (exact) mass is 225 g/mol. The third kappa shape index (κ3) is 2.80. The summed E-state index contributed by atoms with van der Waals surface area (Å²) in [6.07, 6.45) is 2.21. The molecule has 90 valence electrons. The van der Waals surface area contributed by atoms with Crippen LogP contribution in [-0.4, -0.2) is 46.4 Å². The van der Waals surface area contributed by atoms with Crippen LogP contribution in [0.15, 0.2) is 4.52 Å². The molecule has 1 unspecified atom stereocenters. The van der Waals surface area contributed by atoms with Gasteiger partial charge in [0.05, 0.1) is 6.10 Å². The molecule has 0 amide bonds. The van der Waals surface area contributed by atoms with Gasteiger partial charge >= 0.3 is 0 Å². The van der Waals surface area contributed by atoms with Crippen molar-refractivity contribution in [1.82, 2.24) is 15.0 Å². The van der Waals surface area contributed by atoms with Gasteiger partial charge in [-0.05, 0) is 39.9 Å². The molecular weight excluding hydrogens is 206 g/mol. The van der Waals surface area contributed by atoms with Crippen molar-refractivity contribution in [3.05, 3.63) is 11.7 Å². The number of aromatic nitrogens is 2. The average Bonchev–Trinajstić information content (AvgIpc) is 2.66. The summed E-state index contributed by atoms with van der Waals surface area (Å²) in [5, 5.41) is 13.1. The molecule has 0 aliphatic carbocycles. The normalized spacial score (nSPS) is 21.2. The molecule has 1 aromatic rings. The van der Waals surface area contributed by atoms with Crippen LogP contribution in [0.5, 0.6) is 0 Å². The highest BCUT2D eigenvalue weighted by atomic mass is 16.5. The third-order valence-electron chi connectivity index (χ3n) is 3.03. The fourth-order valence-corrected chi connectivity index (χ4v) is 2.04. The van der Waals surface area contributed by atoms with Crippen LogP contribution in [0, 0.1) is 0 Å². The Morgan fingerprint density at radius 3 is 2.81 bits per heavy atom. The molecule has 1 fully saturated rings. The van der Waals surface area contributed by atoms with E-state index in [-0.39, 0.29) is 0 Å². The number of hydrogen-bond donors (Lipinski definition) is 1. The minimum atomic E-state index is -0.414. The van der Waals surface area contributed by atoms with Gasteiger partial charge in [0.15, 0.2) is 5.82 Å². The van der Waals surface area contributed by atoms with Crippen molar-refractivity contribution in [2.75, 3.05) is 20.1 Å². The van der Waals surface area contributed by atoms with Crippen LogP contribution in [0.2, 0.25) is 0 Å². The Kier molecular flexibility index (Phi) is 3.56. The predicted molar refractivity (Wildman–Crippen MR) is 59.2 cm³/mol. The highest BCUT2D eigenvalue weighted by molar-refractivity contribution is 4.97. The van der Waals surface area contributed by atoms with E-state index in [9.17, 15) is 5.11 Å². The first-order valence-corrected chi connectivity index (χ1v) is 5.84. The number of nitrogens with zero attached hydrogens (tertiary/aromatic N) is 3. The van der Waals surface area contributed by atoms with E-state index in [1.807, 2.05) is 0 Å². The van der Waals surface area contributed by atoms with E-state index in [4.69, 9.17) is 4.52 Å². The van der Waals surface area contributed by atoms with Crippen LogP contribution >= 0.6 is 0 Å². The lowest BCUT2D eigenvalue weighted by Crippen LogP contribution is -2.29. The SMILES string of the molecule is CC(O)Cc1noc(C2CCN(C)CC2)n1. The van der Waals surface area contributed by atoms with E-state index >= 15 is 0 Å². The zero-order valence-electron chi connectivity index (χ0n) is 9.89. The van der Waals surface area contributed by atoms with Gasteiger partial charge in [0, 0.05) is 12.3 Å². The Morgan fingerprint density at radius 2 is 2.19 bits per heavy atom. The fraction of sp³-hybridized carbons (Fsp3) is 0.818. The lowest BCUT2D eigenvalue weighted by atomic mass is 9.97. The zero-order valence-corrected chi connectivity index (χ0v) is 9.89. The maximum absolute atomic E-state index is 9.23. The first-order chi connectivity index (χ1) is 7.65. The highest BCUT2D eigenvalue weighted by Crippen LogP contribution is 2.25. The number of hydrogen-bond acceptors (Lipinski definition) is 5. The number of aliphatic hydroxyl groups is 1. The molecule has 5 heteroatoms. The molecule has 0 aromatic carbocycles. The second kappa shape index (κ2) is 4.93. The molecule has 1 aliphatic rings. The molecule has 1 N–H and O–H groups in total. The first-order valence-electron chi connectivity index (χ1n) is 5.84. The summed E-state index contributed by atoms with van der Waals surface area (Å²) in [6, 6.07) is 0. The van der Waals surface area contributed by atoms with Gasteiger partial charge in [0.1, 0.15) is 0 Å². The molecule has 0 spiro atoms. The van der Waals surface area contributed by atoms with Crippen molar-refractivity contribution >= 4 is 0 Å². The van der Waals surface area contributed by atoms with Crippen LogP contribution in [0.1, 0.15) is 37.4 Å². The molecule has 1 aromatic heterocycles. The van der Waals surface area contributed by atoms with Crippen molar-refractivity contribution in [2.45, 2.75) is 38.2 Å². The van der Waals surface area contributed by atoms with E-state index < -0.39 is 6.10 Å². The molecule has 2 heterocycles. The van der Waals surface area contributed by atoms with Gasteiger partial charge < -0.3 is 14.5 Å². The topological polar surface area (TPSA) is 62.4 Å². The van der Waals surface area contributed by atoms with Gasteiger partial charge in [-0.2, -0.15) is 4.98 Å². The molecule has 0 bridgehead atoms. The Balaban J connectivity index is 1.96. The number of aliphatic hydroxyl groups excluding tert-OH is 1. The van der Waals surface area contributed by atoms with Crippen molar-refractivity contribution in [3.8, 4) is 0 Å². The smallest absolute Gasteiger partial charge is 0.229 e. The van der Waals surface area contributed by atoms with Gasteiger partial charge in [-0.1, -0.05) is 5.16 Å². The highest BCUT2D eigenvalue weighted by Gasteiger charge is 2.23. The van der Waals surface area contributed by atoms with Gasteiger partial charge in [0.25, 0.3) is 0 Å². The van der Waals surface area contributed by atoms with Crippen molar-refractivity contribution < 1.29 is 9.63 Å². The van der Waals surface area contributed by atoms with E-state index in [0.717, 1.165) is 31.8 Å². The van der Waals surface area contributed by atoms with Gasteiger partial charge in [0.2, 0.25) is 5.89 Å². The van der Waals surface area contributed by atoms with Gasteiger partial charge in [-0.25, -0.2) is 0 Å². The Bertz CT molecular complexity index is 330. The second-order valence-corrected chi connectivity index (χ2v) is 4.68. The van der Waals surface area contributed by atoms with E-state index in [2.05, 4.69) is 22.1 Å². The minimum Gasteiger partial charge on any atom is -0.393 e. The van der Waals surface area contributed by atoms with Crippen LogP contribution in [-0.2, 0) is 6.42 Å². The quantitative estimate of drug-likeness (QED) is 0.824. The molecule has 2 rings (SSSR count). The number of likely N-dealkylation sites (tertiary alicyclic amines) is 1. The molecule has 1 atom stereocenters. The standard InChI is InChI=1S/C11H19N3O2/c1-8(15)7-10-12-11(16-13-10)9-3-5-14(2)6-4-9/h8-9,15H,3-7H2,1-2H3. The van der Waals surface area contributed by atoms with Gasteiger partial charge in [-0.3, -0.25) is 0 Å². The molecule has 0 saturated carbocycles. The van der Waals surface area contributed by atoms with Crippen LogP contribution in [0.4, 0.5) is 0 Å². The summed E-state index contributed by atoms with van der Waals surface area (Å²) in [4.78, 5) is 6.65. The maximum atomic E-state index is 9.23. The van der Waals surface area contributed by atoms with E-state index in [1.165, 1.54) is 0 Å². The van der Waals surface area contributed by atoms with Crippen molar-refractivity contribution in [2.24, 2.45) is 0 Å². The summed E-state index contributed by atoms with van der Waals surface area (Å²) in [5.74, 6) is 1.75. The average molecular weight is 225 g/mol. The first kappa shape index (κ1) is 11.5. The van der Waals surface area contributed by atoms with Crippen molar-refractivity contribution in [1.29, 1.82) is 0 Å². The van der Waals surface area contributed by atoms with E-state index in [1.54, 1.807) is 6.92 Å². The van der Waals surface area contributed by atoms with Gasteiger partial charge in [-0.15, -0.1) is 0 Å². The third-order valence-corrected chi connectivity index (χ3v) is 3.03. The molecule has 5 nitrogen and oxygen atoms in total. The predicted octanol–water partition coefficient (Wildman–Crippen LogP) is 0.802. The fourth-order valence-electron chi connectivity index (χ4n) is 2.04. The molecule has 0 radical (unpaired) electrons. The summed E-state index contributed by atoms with van der Waals surface area (Å²) in [7, 11) is 2.13. The number of piperidine rings is 1. The second-order valence-electron chi connectivity index (χ2n) is 4.68. The molecular formula is C11H19N3O2. The van der Waals surface area contributed by atoms with Crippen molar-refractivity contribution in [3.63, 3.8) is 0 Å². The zero-order chi connectivity index (χ0) is 11.5. The lowest BCUT2D eigenvalue weighted by molar-refractivity contribution is 0.191. The Hall–Kier alpha value is -0.940. The number of rotatable bonds is 3. The molecule has 16 heavy (non-hydrogen) atoms. The summed E-state index contributed by atoms with van der Waals surface area (Å²) in [5.41, 5.74) is 0. The van der Waals surface area contributed by atoms with Crippen LogP contribution < -0.4 is 0 Å². The van der Waals surface area contributed by atoms with Crippen LogP contribution in [0.25, 0.3) is 0 Å². The molecule has 1 saturated heterocycles. The summed E-state index contributed by atoms with van der Waals surface area (Å²) >= 11 is 0.